The van der Waals surface area contributed by atoms with Crippen molar-refractivity contribution in [2.45, 2.75) is 58.3 Å². The van der Waals surface area contributed by atoms with E-state index in [1.54, 1.807) is 0 Å². The summed E-state index contributed by atoms with van der Waals surface area (Å²) in [5.74, 6) is -0.362. The molecule has 1 saturated heterocycles. The van der Waals surface area contributed by atoms with E-state index in [4.69, 9.17) is 14.0 Å². The van der Waals surface area contributed by atoms with Gasteiger partial charge in [0.2, 0.25) is 11.8 Å². The number of halogens is 1. The van der Waals surface area contributed by atoms with Crippen LogP contribution in [0.1, 0.15) is 41.0 Å². The predicted molar refractivity (Wildman–Crippen MR) is 98.5 cm³/mol. The summed E-state index contributed by atoms with van der Waals surface area (Å²) in [6.07, 6.45) is 6.02. The van der Waals surface area contributed by atoms with Crippen LogP contribution < -0.4 is 10.1 Å². The summed E-state index contributed by atoms with van der Waals surface area (Å²) in [5, 5.41) is 3.21. The second-order valence-corrected chi connectivity index (χ2v) is 7.75. The topological polar surface area (TPSA) is 65.5 Å². The lowest BCUT2D eigenvalue weighted by atomic mass is 9.73. The molecule has 1 unspecified atom stereocenters. The minimum Gasteiger partial charge on any atom is -0.479 e. The zero-order valence-corrected chi connectivity index (χ0v) is 16.1. The second-order valence-electron chi connectivity index (χ2n) is 7.75. The van der Waals surface area contributed by atoms with Gasteiger partial charge in [-0.2, -0.15) is 9.37 Å². The van der Waals surface area contributed by atoms with Gasteiger partial charge >= 0.3 is 7.12 Å². The highest BCUT2D eigenvalue weighted by atomic mass is 19.1. The fourth-order valence-electron chi connectivity index (χ4n) is 2.98. The number of hydrogen-bond donors (Lipinski definition) is 1. The van der Waals surface area contributed by atoms with Gasteiger partial charge in [-0.3, -0.25) is 0 Å². The van der Waals surface area contributed by atoms with Gasteiger partial charge in [-0.1, -0.05) is 17.7 Å². The molecule has 1 aromatic heterocycles. The van der Waals surface area contributed by atoms with Crippen molar-refractivity contribution in [1.29, 1.82) is 0 Å². The molecule has 1 aliphatic heterocycles. The van der Waals surface area contributed by atoms with Crippen LogP contribution in [0.25, 0.3) is 0 Å². The third-order valence-corrected chi connectivity index (χ3v) is 5.09. The summed E-state index contributed by atoms with van der Waals surface area (Å²) in [6, 6.07) is -0.0517. The third kappa shape index (κ3) is 3.62. The van der Waals surface area contributed by atoms with E-state index >= 15 is 0 Å². The molecule has 6 nitrogen and oxygen atoms in total. The first-order valence-corrected chi connectivity index (χ1v) is 8.69. The van der Waals surface area contributed by atoms with Gasteiger partial charge < -0.3 is 19.4 Å². The highest BCUT2D eigenvalue weighted by molar-refractivity contribution is 6.55. The predicted octanol–water partition coefficient (Wildman–Crippen LogP) is 3.31. The van der Waals surface area contributed by atoms with E-state index in [1.807, 2.05) is 33.8 Å². The van der Waals surface area contributed by atoms with E-state index in [0.29, 0.717) is 5.95 Å². The quantitative estimate of drug-likeness (QED) is 0.830. The van der Waals surface area contributed by atoms with E-state index < -0.39 is 24.1 Å². The van der Waals surface area contributed by atoms with E-state index in [0.717, 1.165) is 18.1 Å². The highest BCUT2D eigenvalue weighted by Gasteiger charge is 2.52. The summed E-state index contributed by atoms with van der Waals surface area (Å²) in [7, 11) is 0.946. The average Bonchev–Trinajstić information content (AvgIpc) is 2.77. The summed E-state index contributed by atoms with van der Waals surface area (Å²) < 4.78 is 30.7. The molecule has 2 aliphatic rings. The van der Waals surface area contributed by atoms with Crippen LogP contribution in [0.2, 0.25) is 0 Å². The van der Waals surface area contributed by atoms with Gasteiger partial charge in [0.25, 0.3) is 5.88 Å². The largest absolute Gasteiger partial charge is 0.494 e. The van der Waals surface area contributed by atoms with Crippen molar-refractivity contribution in [1.82, 2.24) is 9.97 Å². The molecule has 1 fully saturated rings. The first kappa shape index (κ1) is 18.9. The minimum absolute atomic E-state index is 0.0517. The van der Waals surface area contributed by atoms with Crippen molar-refractivity contribution in [3.8, 4) is 5.88 Å². The Balaban J connectivity index is 1.79. The van der Waals surface area contributed by atoms with Gasteiger partial charge in [-0.05, 0) is 46.5 Å². The second kappa shape index (κ2) is 6.66. The fraction of sp³-hybridized carbons (Fsp3) is 0.556. The number of hydrogen-bond acceptors (Lipinski definition) is 6. The van der Waals surface area contributed by atoms with E-state index in [-0.39, 0.29) is 11.9 Å². The Kier molecular flexibility index (Phi) is 4.83. The van der Waals surface area contributed by atoms with E-state index in [1.165, 1.54) is 12.7 Å². The van der Waals surface area contributed by atoms with Crippen LogP contribution in [0, 0.1) is 5.82 Å². The molecule has 3 rings (SSSR count). The molecule has 2 heterocycles. The number of aromatic nitrogens is 2. The molecule has 8 heteroatoms. The molecule has 0 bridgehead atoms. The van der Waals surface area contributed by atoms with E-state index in [2.05, 4.69) is 28.3 Å². The zero-order valence-electron chi connectivity index (χ0n) is 16.1. The lowest BCUT2D eigenvalue weighted by Crippen LogP contribution is -2.41. The molecule has 0 amide bonds. The molecular formula is C18H25BFN3O3. The standard InChI is InChI=1S/C18H25BFN3O3/c1-11-7-12(19-25-17(2,3)18(4,5)26-19)9-13(8-11)22-16-21-10-14(20)15(23-16)24-6/h7,9-10,13H,8H2,1-6H3,(H,21,22,23). The van der Waals surface area contributed by atoms with Gasteiger partial charge in [0.1, 0.15) is 0 Å². The number of rotatable bonds is 4. The van der Waals surface area contributed by atoms with Crippen LogP contribution >= 0.6 is 0 Å². The Morgan fingerprint density at radius 2 is 1.92 bits per heavy atom. The number of anilines is 1. The Bertz CT molecular complexity index is 748. The Labute approximate surface area is 154 Å². The van der Waals surface area contributed by atoms with Crippen molar-refractivity contribution in [2.75, 3.05) is 12.4 Å². The van der Waals surface area contributed by atoms with Crippen molar-refractivity contribution in [3.63, 3.8) is 0 Å². The Morgan fingerprint density at radius 1 is 1.27 bits per heavy atom. The SMILES string of the molecule is COc1nc(NC2C=C(B3OC(C)(C)C(C)(C)O3)C=C(C)C2)ncc1F. The van der Waals surface area contributed by atoms with E-state index in [9.17, 15) is 4.39 Å². The molecule has 1 atom stereocenters. The third-order valence-electron chi connectivity index (χ3n) is 5.09. The molecule has 1 N–H and O–H groups in total. The van der Waals surface area contributed by atoms with Gasteiger partial charge in [0, 0.05) is 0 Å². The molecule has 26 heavy (non-hydrogen) atoms. The number of nitrogens with zero attached hydrogens (tertiary/aromatic N) is 2. The number of nitrogens with one attached hydrogen (secondary N) is 1. The smallest absolute Gasteiger partial charge is 0.479 e. The Morgan fingerprint density at radius 3 is 2.54 bits per heavy atom. The van der Waals surface area contributed by atoms with Crippen molar-refractivity contribution < 1.29 is 18.4 Å². The average molecular weight is 361 g/mol. The maximum atomic E-state index is 13.5. The summed E-state index contributed by atoms with van der Waals surface area (Å²) in [6.45, 7) is 10.2. The first-order chi connectivity index (χ1) is 12.1. The lowest BCUT2D eigenvalue weighted by Gasteiger charge is -2.32. The molecule has 1 aliphatic carbocycles. The monoisotopic (exact) mass is 361 g/mol. The van der Waals surface area contributed by atoms with Crippen LogP contribution in [0.15, 0.2) is 29.4 Å². The normalized spacial score (nSPS) is 24.1. The molecular weight excluding hydrogens is 336 g/mol. The lowest BCUT2D eigenvalue weighted by molar-refractivity contribution is 0.00578. The Hall–Kier alpha value is -1.93. The molecule has 0 aromatic carbocycles. The molecule has 1 aromatic rings. The van der Waals surface area contributed by atoms with Crippen LogP contribution in [-0.2, 0) is 9.31 Å². The van der Waals surface area contributed by atoms with Crippen LogP contribution in [0.3, 0.4) is 0 Å². The van der Waals surface area contributed by atoms with Crippen LogP contribution in [-0.4, -0.2) is 41.4 Å². The number of methoxy groups -OCH3 is 1. The van der Waals surface area contributed by atoms with Crippen molar-refractivity contribution in [3.05, 3.63) is 35.2 Å². The van der Waals surface area contributed by atoms with Gasteiger partial charge in [-0.25, -0.2) is 4.98 Å². The molecule has 0 spiro atoms. The maximum Gasteiger partial charge on any atom is 0.494 e. The maximum absolute atomic E-state index is 13.5. The minimum atomic E-state index is -0.591. The van der Waals surface area contributed by atoms with Crippen molar-refractivity contribution >= 4 is 13.1 Å². The van der Waals surface area contributed by atoms with Crippen molar-refractivity contribution in [2.24, 2.45) is 0 Å². The summed E-state index contributed by atoms with van der Waals surface area (Å²) in [5.41, 5.74) is 1.35. The molecule has 140 valence electrons. The summed E-state index contributed by atoms with van der Waals surface area (Å²) >= 11 is 0. The van der Waals surface area contributed by atoms with Crippen LogP contribution in [0.4, 0.5) is 10.3 Å². The van der Waals surface area contributed by atoms with Crippen LogP contribution in [0.5, 0.6) is 5.88 Å². The molecule has 0 radical (unpaired) electrons. The first-order valence-electron chi connectivity index (χ1n) is 8.69. The highest BCUT2D eigenvalue weighted by Crippen LogP contribution is 2.39. The number of allylic oxidation sites excluding steroid dienone is 2. The fourth-order valence-corrected chi connectivity index (χ4v) is 2.98. The zero-order chi connectivity index (χ0) is 19.1. The molecule has 0 saturated carbocycles. The van der Waals surface area contributed by atoms with Gasteiger partial charge in [0.05, 0.1) is 30.6 Å². The van der Waals surface area contributed by atoms with Gasteiger partial charge in [0.15, 0.2) is 0 Å². The van der Waals surface area contributed by atoms with Gasteiger partial charge in [-0.15, -0.1) is 0 Å². The number of ether oxygens (including phenoxy) is 1. The summed E-state index contributed by atoms with van der Waals surface area (Å²) in [4.78, 5) is 8.03.